The molecule has 0 saturated carbocycles. The molecule has 1 atom stereocenters. The van der Waals surface area contributed by atoms with Crippen LogP contribution < -0.4 is 10.1 Å². The van der Waals surface area contributed by atoms with Crippen LogP contribution in [0.4, 0.5) is 0 Å². The Morgan fingerprint density at radius 2 is 1.60 bits per heavy atom. The minimum atomic E-state index is -0.565. The highest BCUT2D eigenvalue weighted by Gasteiger charge is 2.43. The van der Waals surface area contributed by atoms with Crippen LogP contribution in [0.3, 0.4) is 0 Å². The number of ketones is 1. The van der Waals surface area contributed by atoms with Gasteiger partial charge in [0.1, 0.15) is 12.4 Å². The van der Waals surface area contributed by atoms with E-state index in [0.29, 0.717) is 29.0 Å². The molecule has 1 N–H and O–H groups in total. The Labute approximate surface area is 259 Å². The second-order valence-electron chi connectivity index (χ2n) is 9.72. The molecule has 6 rings (SSSR count). The van der Waals surface area contributed by atoms with Gasteiger partial charge in [0.15, 0.2) is 5.78 Å². The van der Waals surface area contributed by atoms with Gasteiger partial charge in [-0.1, -0.05) is 66.7 Å². The smallest absolute Gasteiger partial charge is 0.336 e. The molecule has 2 aliphatic rings. The highest BCUT2D eigenvalue weighted by molar-refractivity contribution is 14.1. The van der Waals surface area contributed by atoms with Gasteiger partial charge in [0.2, 0.25) is 0 Å². The van der Waals surface area contributed by atoms with Crippen LogP contribution in [0.2, 0.25) is 0 Å². The van der Waals surface area contributed by atoms with Gasteiger partial charge in [-0.25, -0.2) is 4.79 Å². The normalized spacial score (nSPS) is 16.1. The molecule has 0 unspecified atom stereocenters. The van der Waals surface area contributed by atoms with E-state index in [1.165, 1.54) is 10.8 Å². The van der Waals surface area contributed by atoms with Crippen LogP contribution >= 0.6 is 45.2 Å². The summed E-state index contributed by atoms with van der Waals surface area (Å²) in [5.41, 5.74) is 5.94. The topological polar surface area (TPSA) is 64.6 Å². The van der Waals surface area contributed by atoms with Crippen molar-refractivity contribution >= 4 is 73.4 Å². The van der Waals surface area contributed by atoms with Crippen molar-refractivity contribution in [3.8, 4) is 5.75 Å². The lowest BCUT2D eigenvalue weighted by molar-refractivity contribution is -0.138. The number of esters is 1. The van der Waals surface area contributed by atoms with Crippen LogP contribution in [-0.4, -0.2) is 18.4 Å². The maximum Gasteiger partial charge on any atom is 0.336 e. The first kappa shape index (κ1) is 27.0. The summed E-state index contributed by atoms with van der Waals surface area (Å²) < 4.78 is 13.7. The molecule has 4 aromatic carbocycles. The fourth-order valence-corrected chi connectivity index (χ4v) is 7.72. The van der Waals surface area contributed by atoms with E-state index in [4.69, 9.17) is 9.47 Å². The van der Waals surface area contributed by atoms with Gasteiger partial charge in [0.25, 0.3) is 0 Å². The molecule has 1 heterocycles. The van der Waals surface area contributed by atoms with Crippen molar-refractivity contribution < 1.29 is 19.1 Å². The maximum atomic E-state index is 13.7. The molecule has 40 heavy (non-hydrogen) atoms. The van der Waals surface area contributed by atoms with Crippen molar-refractivity contribution in [2.75, 3.05) is 6.61 Å². The Hall–Kier alpha value is -3.18. The minimum Gasteiger partial charge on any atom is -0.487 e. The average Bonchev–Trinajstić information content (AvgIpc) is 3.23. The number of fused-ring (bicyclic) bond motifs is 3. The lowest BCUT2D eigenvalue weighted by Crippen LogP contribution is -2.29. The Bertz CT molecular complexity index is 1740. The van der Waals surface area contributed by atoms with E-state index < -0.39 is 11.9 Å². The molecule has 0 aromatic heterocycles. The third kappa shape index (κ3) is 4.62. The molecule has 4 aromatic rings. The van der Waals surface area contributed by atoms with Crippen molar-refractivity contribution in [3.05, 3.63) is 125 Å². The van der Waals surface area contributed by atoms with E-state index in [2.05, 4.69) is 74.8 Å². The summed E-state index contributed by atoms with van der Waals surface area (Å²) in [5, 5.41) is 5.70. The van der Waals surface area contributed by atoms with Crippen LogP contribution in [0.15, 0.2) is 95.7 Å². The molecule has 0 spiro atoms. The largest absolute Gasteiger partial charge is 0.487 e. The van der Waals surface area contributed by atoms with Crippen LogP contribution in [0.1, 0.15) is 46.8 Å². The standard InChI is InChI=1S/C33H25I2NO4/c1-3-39-33(38)27-18(2)36-30-23-13-6-7-14-24(23)31(37)29(30)28(27)21-15-25(34)32(26(35)16-21)40-17-20-11-8-10-19-9-4-5-12-22(19)20/h4-16,28,36H,3,17H2,1-2H3/t28-/m1/s1. The average molecular weight is 753 g/mol. The number of ether oxygens (including phenoxy) is 2. The quantitative estimate of drug-likeness (QED) is 0.161. The zero-order valence-electron chi connectivity index (χ0n) is 21.9. The molecular weight excluding hydrogens is 728 g/mol. The van der Waals surface area contributed by atoms with E-state index >= 15 is 0 Å². The molecule has 0 fully saturated rings. The fourth-order valence-electron chi connectivity index (χ4n) is 5.59. The number of Topliss-reactive ketones (excluding diaryl/α,β-unsaturated/α-hetero) is 1. The maximum absolute atomic E-state index is 13.7. The van der Waals surface area contributed by atoms with Gasteiger partial charge in [0.05, 0.1) is 25.0 Å². The van der Waals surface area contributed by atoms with Gasteiger partial charge in [-0.3, -0.25) is 4.79 Å². The van der Waals surface area contributed by atoms with Crippen molar-refractivity contribution in [1.29, 1.82) is 0 Å². The first-order valence-corrected chi connectivity index (χ1v) is 15.2. The molecule has 0 amide bonds. The van der Waals surface area contributed by atoms with Gasteiger partial charge in [-0.15, -0.1) is 0 Å². The van der Waals surface area contributed by atoms with Crippen molar-refractivity contribution in [2.45, 2.75) is 26.4 Å². The molecule has 1 aliphatic carbocycles. The van der Waals surface area contributed by atoms with Gasteiger partial charge in [-0.2, -0.15) is 0 Å². The van der Waals surface area contributed by atoms with Crippen LogP contribution in [0, 0.1) is 7.14 Å². The highest BCUT2D eigenvalue weighted by atomic mass is 127. The third-order valence-corrected chi connectivity index (χ3v) is 8.95. The predicted molar refractivity (Wildman–Crippen MR) is 173 cm³/mol. The number of allylic oxidation sites excluding steroid dienone is 2. The van der Waals surface area contributed by atoms with E-state index in [1.807, 2.05) is 61.5 Å². The highest BCUT2D eigenvalue weighted by Crippen LogP contribution is 2.48. The Morgan fingerprint density at radius 1 is 0.925 bits per heavy atom. The lowest BCUT2D eigenvalue weighted by atomic mass is 9.80. The second kappa shape index (κ2) is 11.0. The van der Waals surface area contributed by atoms with Crippen LogP contribution in [0.25, 0.3) is 16.5 Å². The second-order valence-corrected chi connectivity index (χ2v) is 12.0. The van der Waals surface area contributed by atoms with E-state index in [-0.39, 0.29) is 12.4 Å². The van der Waals surface area contributed by atoms with E-state index in [0.717, 1.165) is 35.3 Å². The van der Waals surface area contributed by atoms with Crippen LogP contribution in [-0.2, 0) is 16.1 Å². The number of dihydropyridines is 1. The summed E-state index contributed by atoms with van der Waals surface area (Å²) in [4.78, 5) is 27.0. The monoisotopic (exact) mass is 753 g/mol. The summed E-state index contributed by atoms with van der Waals surface area (Å²) in [6.45, 7) is 4.33. The van der Waals surface area contributed by atoms with Gasteiger partial charge >= 0.3 is 5.97 Å². The summed E-state index contributed by atoms with van der Waals surface area (Å²) >= 11 is 4.56. The number of nitrogens with one attached hydrogen (secondary N) is 1. The summed E-state index contributed by atoms with van der Waals surface area (Å²) in [5.74, 6) is -0.280. The SMILES string of the molecule is CCOC(=O)C1=C(C)NC2=C(C(=O)c3ccccc32)[C@@H]1c1cc(I)c(OCc2cccc3ccccc23)c(I)c1. The molecule has 0 saturated heterocycles. The summed E-state index contributed by atoms with van der Waals surface area (Å²) in [6.07, 6.45) is 0. The number of carbonyl (C=O) groups is 2. The number of hydrogen-bond donors (Lipinski definition) is 1. The third-order valence-electron chi connectivity index (χ3n) is 7.35. The molecule has 1 aliphatic heterocycles. The van der Waals surface area contributed by atoms with Crippen molar-refractivity contribution in [3.63, 3.8) is 0 Å². The first-order valence-electron chi connectivity index (χ1n) is 13.0. The number of carbonyl (C=O) groups excluding carboxylic acids is 2. The number of halogens is 2. The lowest BCUT2D eigenvalue weighted by Gasteiger charge is -2.29. The Kier molecular flexibility index (Phi) is 7.43. The number of rotatable bonds is 6. The molecule has 0 radical (unpaired) electrons. The fraction of sp³-hybridized carbons (Fsp3) is 0.152. The zero-order valence-corrected chi connectivity index (χ0v) is 26.2. The van der Waals surface area contributed by atoms with Gasteiger partial charge < -0.3 is 14.8 Å². The van der Waals surface area contributed by atoms with E-state index in [9.17, 15) is 9.59 Å². The zero-order chi connectivity index (χ0) is 28.0. The van der Waals surface area contributed by atoms with Crippen molar-refractivity contribution in [1.82, 2.24) is 5.32 Å². The number of benzene rings is 4. The molecule has 5 nitrogen and oxygen atoms in total. The summed E-state index contributed by atoms with van der Waals surface area (Å²) in [6, 6.07) is 26.1. The molecule has 200 valence electrons. The van der Waals surface area contributed by atoms with Crippen molar-refractivity contribution in [2.24, 2.45) is 0 Å². The Balaban J connectivity index is 1.41. The van der Waals surface area contributed by atoms with E-state index in [1.54, 1.807) is 6.92 Å². The summed E-state index contributed by atoms with van der Waals surface area (Å²) in [7, 11) is 0. The molecular formula is C33H25I2NO4. The predicted octanol–water partition coefficient (Wildman–Crippen LogP) is 7.76. The molecule has 7 heteroatoms. The van der Waals surface area contributed by atoms with Gasteiger partial charge in [0, 0.05) is 28.3 Å². The number of hydrogen-bond acceptors (Lipinski definition) is 5. The van der Waals surface area contributed by atoms with Gasteiger partial charge in [-0.05, 0) is 93.1 Å². The first-order chi connectivity index (χ1) is 19.4. The van der Waals surface area contributed by atoms with Crippen LogP contribution in [0.5, 0.6) is 5.75 Å². The Morgan fingerprint density at radius 3 is 2.35 bits per heavy atom. The molecule has 0 bridgehead atoms. The minimum absolute atomic E-state index is 0.0707.